The summed E-state index contributed by atoms with van der Waals surface area (Å²) >= 11 is 5.65. The van der Waals surface area contributed by atoms with E-state index in [4.69, 9.17) is 17.3 Å². The van der Waals surface area contributed by atoms with Gasteiger partial charge < -0.3 is 11.1 Å². The lowest BCUT2D eigenvalue weighted by Gasteiger charge is -2.01. The zero-order valence-corrected chi connectivity index (χ0v) is 7.01. The van der Waals surface area contributed by atoms with Crippen LogP contribution >= 0.6 is 11.6 Å². The maximum atomic E-state index is 10.8. The molecule has 1 aromatic rings. The molecule has 0 saturated heterocycles. The summed E-state index contributed by atoms with van der Waals surface area (Å²) in [5.41, 5.74) is 5.09. The largest absolute Gasteiger partial charge is 0.322 e. The van der Waals surface area contributed by atoms with E-state index in [1.807, 2.05) is 0 Å². The van der Waals surface area contributed by atoms with Crippen molar-refractivity contribution in [3.05, 3.63) is 23.4 Å². The van der Waals surface area contributed by atoms with Gasteiger partial charge in [0.2, 0.25) is 5.91 Å². The fraction of sp³-hybridized carbons (Fsp3) is 0.143. The van der Waals surface area contributed by atoms with Crippen molar-refractivity contribution in [2.24, 2.45) is 5.73 Å². The lowest BCUT2D eigenvalue weighted by Crippen LogP contribution is -2.22. The molecule has 0 aliphatic carbocycles. The summed E-state index contributed by atoms with van der Waals surface area (Å²) in [4.78, 5) is 14.6. The second kappa shape index (κ2) is 4.04. The maximum absolute atomic E-state index is 10.8. The number of hydrogen-bond donors (Lipinski definition) is 2. The quantitative estimate of drug-likeness (QED) is 0.710. The number of carbonyl (C=O) groups excluding carboxylic acids is 1. The predicted molar refractivity (Wildman–Crippen MR) is 46.9 cm³/mol. The van der Waals surface area contributed by atoms with Crippen LogP contribution in [0.5, 0.6) is 0 Å². The molecule has 1 rings (SSSR count). The van der Waals surface area contributed by atoms with Crippen LogP contribution < -0.4 is 11.1 Å². The van der Waals surface area contributed by atoms with Crippen molar-refractivity contribution in [2.45, 2.75) is 0 Å². The zero-order valence-electron chi connectivity index (χ0n) is 6.25. The number of rotatable bonds is 2. The topological polar surface area (TPSA) is 68.0 Å². The molecule has 1 aromatic heterocycles. The molecule has 0 aliphatic heterocycles. The van der Waals surface area contributed by atoms with Crippen molar-refractivity contribution in [2.75, 3.05) is 11.9 Å². The van der Waals surface area contributed by atoms with Gasteiger partial charge >= 0.3 is 0 Å². The first-order valence-electron chi connectivity index (χ1n) is 3.34. The van der Waals surface area contributed by atoms with E-state index in [9.17, 15) is 4.79 Å². The third kappa shape index (κ3) is 2.48. The minimum atomic E-state index is -0.287. The Morgan fingerprint density at radius 3 is 3.08 bits per heavy atom. The molecule has 0 saturated carbocycles. The third-order valence-corrected chi connectivity index (χ3v) is 1.41. The summed E-state index contributed by atoms with van der Waals surface area (Å²) < 4.78 is 0. The number of nitrogens with zero attached hydrogens (tertiary/aromatic N) is 1. The molecule has 0 bridgehead atoms. The second-order valence-electron chi connectivity index (χ2n) is 2.11. The highest BCUT2D eigenvalue weighted by Gasteiger charge is 1.99. The van der Waals surface area contributed by atoms with Gasteiger partial charge in [-0.05, 0) is 12.1 Å². The lowest BCUT2D eigenvalue weighted by molar-refractivity contribution is -0.114. The fourth-order valence-corrected chi connectivity index (χ4v) is 0.827. The van der Waals surface area contributed by atoms with Gasteiger partial charge in [0.05, 0.1) is 6.54 Å². The first kappa shape index (κ1) is 8.96. The van der Waals surface area contributed by atoms with Crippen LogP contribution in [0.2, 0.25) is 5.02 Å². The van der Waals surface area contributed by atoms with Crippen LogP contribution in [0, 0.1) is 0 Å². The lowest BCUT2D eigenvalue weighted by atomic mass is 10.4. The summed E-state index contributed by atoms with van der Waals surface area (Å²) in [6.07, 6.45) is 1.51. The summed E-state index contributed by atoms with van der Waals surface area (Å²) in [7, 11) is 0. The second-order valence-corrected chi connectivity index (χ2v) is 2.55. The smallest absolute Gasteiger partial charge is 0.239 e. The monoisotopic (exact) mass is 185 g/mol. The number of nitrogens with two attached hydrogens (primary N) is 1. The molecule has 1 heterocycles. The summed E-state index contributed by atoms with van der Waals surface area (Å²) in [6.45, 7) is -0.0613. The molecule has 0 spiro atoms. The minimum Gasteiger partial charge on any atom is -0.322 e. The van der Waals surface area contributed by atoms with Crippen molar-refractivity contribution in [1.29, 1.82) is 0 Å². The van der Waals surface area contributed by atoms with Crippen LogP contribution in [-0.2, 0) is 4.79 Å². The van der Waals surface area contributed by atoms with Gasteiger partial charge in [0.25, 0.3) is 0 Å². The molecule has 0 aliphatic rings. The van der Waals surface area contributed by atoms with Gasteiger partial charge in [-0.15, -0.1) is 0 Å². The number of anilines is 1. The molecule has 1 amide bonds. The van der Waals surface area contributed by atoms with Crippen molar-refractivity contribution in [1.82, 2.24) is 4.98 Å². The first-order chi connectivity index (χ1) is 5.72. The van der Waals surface area contributed by atoms with E-state index >= 15 is 0 Å². The van der Waals surface area contributed by atoms with E-state index in [1.165, 1.54) is 6.20 Å². The van der Waals surface area contributed by atoms with Crippen molar-refractivity contribution >= 4 is 23.3 Å². The van der Waals surface area contributed by atoms with E-state index in [-0.39, 0.29) is 12.5 Å². The molecular weight excluding hydrogens is 178 g/mol. The van der Waals surface area contributed by atoms with Gasteiger partial charge in [-0.1, -0.05) is 11.6 Å². The van der Waals surface area contributed by atoms with Gasteiger partial charge in [0.1, 0.15) is 5.82 Å². The molecule has 0 atom stereocenters. The average Bonchev–Trinajstić information content (AvgIpc) is 2.04. The Hall–Kier alpha value is -1.13. The Labute approximate surface area is 74.7 Å². The molecule has 64 valence electrons. The molecule has 5 heteroatoms. The zero-order chi connectivity index (χ0) is 8.97. The molecular formula is C7H8ClN3O. The van der Waals surface area contributed by atoms with E-state index in [2.05, 4.69) is 10.3 Å². The molecule has 0 aromatic carbocycles. The number of halogens is 1. The SMILES string of the molecule is NCC(=O)Nc1cc(Cl)ccn1. The van der Waals surface area contributed by atoms with Crippen molar-refractivity contribution in [3.8, 4) is 0 Å². The van der Waals surface area contributed by atoms with Gasteiger partial charge in [-0.2, -0.15) is 0 Å². The van der Waals surface area contributed by atoms with Gasteiger partial charge in [0.15, 0.2) is 0 Å². The summed E-state index contributed by atoms with van der Waals surface area (Å²) in [5, 5.41) is 3.00. The highest BCUT2D eigenvalue weighted by molar-refractivity contribution is 6.30. The van der Waals surface area contributed by atoms with Crippen LogP contribution in [0.15, 0.2) is 18.3 Å². The van der Waals surface area contributed by atoms with Crippen LogP contribution in [0.3, 0.4) is 0 Å². The standard InChI is InChI=1S/C7H8ClN3O/c8-5-1-2-10-6(3-5)11-7(12)4-9/h1-3H,4,9H2,(H,10,11,12). The van der Waals surface area contributed by atoms with E-state index in [0.29, 0.717) is 10.8 Å². The number of aromatic nitrogens is 1. The van der Waals surface area contributed by atoms with Gasteiger partial charge in [-0.25, -0.2) is 4.98 Å². The van der Waals surface area contributed by atoms with Gasteiger partial charge in [-0.3, -0.25) is 4.79 Å². The normalized spacial score (nSPS) is 9.50. The Balaban J connectivity index is 2.69. The van der Waals surface area contributed by atoms with E-state index < -0.39 is 0 Å². The molecule has 0 fully saturated rings. The summed E-state index contributed by atoms with van der Waals surface area (Å²) in [5.74, 6) is 0.128. The fourth-order valence-electron chi connectivity index (χ4n) is 0.667. The van der Waals surface area contributed by atoms with E-state index in [0.717, 1.165) is 0 Å². The molecule has 0 unspecified atom stereocenters. The van der Waals surface area contributed by atoms with Crippen LogP contribution in [-0.4, -0.2) is 17.4 Å². The third-order valence-electron chi connectivity index (χ3n) is 1.17. The number of carbonyl (C=O) groups is 1. The summed E-state index contributed by atoms with van der Waals surface area (Å²) in [6, 6.07) is 3.18. The molecule has 3 N–H and O–H groups in total. The van der Waals surface area contributed by atoms with Gasteiger partial charge in [0, 0.05) is 11.2 Å². The Bertz CT molecular complexity index is 290. The Morgan fingerprint density at radius 1 is 1.75 bits per heavy atom. The molecule has 12 heavy (non-hydrogen) atoms. The minimum absolute atomic E-state index is 0.0613. The van der Waals surface area contributed by atoms with Crippen LogP contribution in [0.4, 0.5) is 5.82 Å². The number of nitrogens with one attached hydrogen (secondary N) is 1. The van der Waals surface area contributed by atoms with Crippen molar-refractivity contribution in [3.63, 3.8) is 0 Å². The number of amides is 1. The molecule has 0 radical (unpaired) electrons. The van der Waals surface area contributed by atoms with Crippen LogP contribution in [0.25, 0.3) is 0 Å². The van der Waals surface area contributed by atoms with E-state index in [1.54, 1.807) is 12.1 Å². The Morgan fingerprint density at radius 2 is 2.50 bits per heavy atom. The maximum Gasteiger partial charge on any atom is 0.239 e. The van der Waals surface area contributed by atoms with Crippen LogP contribution in [0.1, 0.15) is 0 Å². The van der Waals surface area contributed by atoms with Crippen molar-refractivity contribution < 1.29 is 4.79 Å². The predicted octanol–water partition coefficient (Wildman–Crippen LogP) is 0.632. The highest BCUT2D eigenvalue weighted by Crippen LogP contribution is 2.11. The number of hydrogen-bond acceptors (Lipinski definition) is 3. The highest BCUT2D eigenvalue weighted by atomic mass is 35.5. The molecule has 4 nitrogen and oxygen atoms in total. The Kier molecular flexibility index (Phi) is 3.01. The first-order valence-corrected chi connectivity index (χ1v) is 3.71. The average molecular weight is 186 g/mol. The number of pyridine rings is 1.